The molecule has 4 nitrogen and oxygen atoms in total. The van der Waals surface area contributed by atoms with Crippen LogP contribution in [-0.4, -0.2) is 42.6 Å². The zero-order chi connectivity index (χ0) is 12.1. The minimum atomic E-state index is -0.109. The third kappa shape index (κ3) is 4.10. The first-order valence-electron chi connectivity index (χ1n) is 6.18. The number of carbonyl (C=O) groups is 1. The number of rotatable bonds is 4. The average Bonchev–Trinajstić information content (AvgIpc) is 2.16. The summed E-state index contributed by atoms with van der Waals surface area (Å²) in [6, 6.07) is 0.473. The first-order valence-corrected chi connectivity index (χ1v) is 6.18. The molecule has 3 unspecified atom stereocenters. The largest absolute Gasteiger partial charge is 0.466 e. The third-order valence-corrected chi connectivity index (χ3v) is 3.11. The molecule has 94 valence electrons. The van der Waals surface area contributed by atoms with Crippen LogP contribution in [0.25, 0.3) is 0 Å². The van der Waals surface area contributed by atoms with Crippen LogP contribution in [0.1, 0.15) is 33.6 Å². The molecule has 0 bridgehead atoms. The molecule has 1 rings (SSSR count). The van der Waals surface area contributed by atoms with Crippen molar-refractivity contribution in [3.63, 3.8) is 0 Å². The molecule has 1 heterocycles. The molecule has 4 heteroatoms. The fourth-order valence-electron chi connectivity index (χ4n) is 2.39. The highest BCUT2D eigenvalue weighted by Gasteiger charge is 2.26. The molecule has 2 N–H and O–H groups in total. The summed E-state index contributed by atoms with van der Waals surface area (Å²) in [5.41, 5.74) is 5.98. The summed E-state index contributed by atoms with van der Waals surface area (Å²) in [4.78, 5) is 13.7. The standard InChI is InChI=1S/C12H24N2O2/c1-4-16-12(15)6-10(3)14-7-9(2)5-11(13)8-14/h9-11H,4-8,13H2,1-3H3. The minimum Gasteiger partial charge on any atom is -0.466 e. The van der Waals surface area contributed by atoms with Gasteiger partial charge in [-0.2, -0.15) is 0 Å². The van der Waals surface area contributed by atoms with Crippen LogP contribution in [-0.2, 0) is 9.53 Å². The van der Waals surface area contributed by atoms with E-state index in [2.05, 4.69) is 18.7 Å². The smallest absolute Gasteiger partial charge is 0.307 e. The Hall–Kier alpha value is -0.610. The second kappa shape index (κ2) is 6.21. The van der Waals surface area contributed by atoms with E-state index in [1.54, 1.807) is 0 Å². The van der Waals surface area contributed by atoms with Crippen molar-refractivity contribution >= 4 is 5.97 Å². The van der Waals surface area contributed by atoms with Crippen molar-refractivity contribution in [3.05, 3.63) is 0 Å². The molecule has 3 atom stereocenters. The van der Waals surface area contributed by atoms with Gasteiger partial charge in [-0.05, 0) is 26.2 Å². The van der Waals surface area contributed by atoms with Gasteiger partial charge in [-0.3, -0.25) is 9.69 Å². The first kappa shape index (κ1) is 13.5. The van der Waals surface area contributed by atoms with Gasteiger partial charge in [-0.25, -0.2) is 0 Å². The molecule has 0 aromatic carbocycles. The Balaban J connectivity index is 2.40. The van der Waals surface area contributed by atoms with E-state index in [1.807, 2.05) is 6.92 Å². The van der Waals surface area contributed by atoms with Gasteiger partial charge in [0.15, 0.2) is 0 Å². The quantitative estimate of drug-likeness (QED) is 0.729. The Labute approximate surface area is 98.1 Å². The number of esters is 1. The molecule has 0 aromatic rings. The van der Waals surface area contributed by atoms with Crippen LogP contribution in [0.15, 0.2) is 0 Å². The second-order valence-electron chi connectivity index (χ2n) is 4.91. The van der Waals surface area contributed by atoms with E-state index in [4.69, 9.17) is 10.5 Å². The lowest BCUT2D eigenvalue weighted by Crippen LogP contribution is -2.50. The van der Waals surface area contributed by atoms with E-state index in [0.29, 0.717) is 18.9 Å². The average molecular weight is 228 g/mol. The van der Waals surface area contributed by atoms with Gasteiger partial charge in [0, 0.05) is 25.2 Å². The van der Waals surface area contributed by atoms with Crippen LogP contribution in [0.2, 0.25) is 0 Å². The lowest BCUT2D eigenvalue weighted by Gasteiger charge is -2.38. The normalized spacial score (nSPS) is 28.8. The number of ether oxygens (including phenoxy) is 1. The molecular weight excluding hydrogens is 204 g/mol. The van der Waals surface area contributed by atoms with Gasteiger partial charge in [-0.15, -0.1) is 0 Å². The Kier molecular flexibility index (Phi) is 5.22. The van der Waals surface area contributed by atoms with Crippen molar-refractivity contribution in [2.75, 3.05) is 19.7 Å². The molecule has 1 aliphatic rings. The SMILES string of the molecule is CCOC(=O)CC(C)N1CC(C)CC(N)C1. The molecule has 0 saturated carbocycles. The number of nitrogens with zero attached hydrogens (tertiary/aromatic N) is 1. The molecule has 1 aliphatic heterocycles. The summed E-state index contributed by atoms with van der Waals surface area (Å²) in [5, 5.41) is 0. The molecule has 0 spiro atoms. The summed E-state index contributed by atoms with van der Waals surface area (Å²) in [5.74, 6) is 0.509. The maximum atomic E-state index is 11.4. The van der Waals surface area contributed by atoms with Gasteiger partial charge in [0.2, 0.25) is 0 Å². The van der Waals surface area contributed by atoms with Gasteiger partial charge >= 0.3 is 5.97 Å². The third-order valence-electron chi connectivity index (χ3n) is 3.11. The van der Waals surface area contributed by atoms with E-state index in [1.165, 1.54) is 0 Å². The van der Waals surface area contributed by atoms with Crippen molar-refractivity contribution in [1.29, 1.82) is 0 Å². The molecule has 0 aliphatic carbocycles. The maximum absolute atomic E-state index is 11.4. The maximum Gasteiger partial charge on any atom is 0.307 e. The Morgan fingerprint density at radius 3 is 2.81 bits per heavy atom. The Bertz CT molecular complexity index is 223. The molecule has 1 saturated heterocycles. The number of piperidine rings is 1. The van der Waals surface area contributed by atoms with Gasteiger partial charge < -0.3 is 10.5 Å². The van der Waals surface area contributed by atoms with E-state index in [-0.39, 0.29) is 18.1 Å². The van der Waals surface area contributed by atoms with Crippen molar-refractivity contribution in [2.24, 2.45) is 11.7 Å². The van der Waals surface area contributed by atoms with Crippen molar-refractivity contribution in [2.45, 2.75) is 45.7 Å². The topological polar surface area (TPSA) is 55.6 Å². The van der Waals surface area contributed by atoms with Crippen molar-refractivity contribution in [3.8, 4) is 0 Å². The zero-order valence-electron chi connectivity index (χ0n) is 10.6. The van der Waals surface area contributed by atoms with Gasteiger partial charge in [-0.1, -0.05) is 6.92 Å². The highest BCUT2D eigenvalue weighted by atomic mass is 16.5. The molecular formula is C12H24N2O2. The molecule has 1 fully saturated rings. The number of likely N-dealkylation sites (tertiary alicyclic amines) is 1. The van der Waals surface area contributed by atoms with E-state index in [9.17, 15) is 4.79 Å². The predicted octanol–water partition coefficient (Wildman–Crippen LogP) is 0.997. The predicted molar refractivity (Wildman–Crippen MR) is 64.0 cm³/mol. The summed E-state index contributed by atoms with van der Waals surface area (Å²) >= 11 is 0. The molecule has 0 amide bonds. The summed E-state index contributed by atoms with van der Waals surface area (Å²) in [7, 11) is 0. The number of hydrogen-bond acceptors (Lipinski definition) is 4. The minimum absolute atomic E-state index is 0.109. The fourth-order valence-corrected chi connectivity index (χ4v) is 2.39. The second-order valence-corrected chi connectivity index (χ2v) is 4.91. The van der Waals surface area contributed by atoms with Crippen molar-refractivity contribution in [1.82, 2.24) is 4.90 Å². The number of carbonyl (C=O) groups excluding carboxylic acids is 1. The monoisotopic (exact) mass is 228 g/mol. The van der Waals surface area contributed by atoms with Crippen LogP contribution >= 0.6 is 0 Å². The van der Waals surface area contributed by atoms with Crippen LogP contribution in [0, 0.1) is 5.92 Å². The fraction of sp³-hybridized carbons (Fsp3) is 0.917. The van der Waals surface area contributed by atoms with Crippen LogP contribution in [0.4, 0.5) is 0 Å². The van der Waals surface area contributed by atoms with Gasteiger partial charge in [0.25, 0.3) is 0 Å². The lowest BCUT2D eigenvalue weighted by atomic mass is 9.95. The lowest BCUT2D eigenvalue weighted by molar-refractivity contribution is -0.144. The summed E-state index contributed by atoms with van der Waals surface area (Å²) in [6.45, 7) is 8.51. The Morgan fingerprint density at radius 2 is 2.25 bits per heavy atom. The zero-order valence-corrected chi connectivity index (χ0v) is 10.6. The van der Waals surface area contributed by atoms with E-state index >= 15 is 0 Å². The number of hydrogen-bond donors (Lipinski definition) is 1. The first-order chi connectivity index (χ1) is 7.52. The highest BCUT2D eigenvalue weighted by molar-refractivity contribution is 5.70. The highest BCUT2D eigenvalue weighted by Crippen LogP contribution is 2.18. The van der Waals surface area contributed by atoms with Crippen LogP contribution in [0.3, 0.4) is 0 Å². The van der Waals surface area contributed by atoms with Crippen LogP contribution < -0.4 is 5.73 Å². The van der Waals surface area contributed by atoms with E-state index in [0.717, 1.165) is 19.5 Å². The van der Waals surface area contributed by atoms with Crippen LogP contribution in [0.5, 0.6) is 0 Å². The van der Waals surface area contributed by atoms with Gasteiger partial charge in [0.05, 0.1) is 13.0 Å². The van der Waals surface area contributed by atoms with Crippen molar-refractivity contribution < 1.29 is 9.53 Å². The summed E-state index contributed by atoms with van der Waals surface area (Å²) in [6.07, 6.45) is 1.55. The van der Waals surface area contributed by atoms with Gasteiger partial charge in [0.1, 0.15) is 0 Å². The Morgan fingerprint density at radius 1 is 1.56 bits per heavy atom. The molecule has 0 aromatic heterocycles. The molecule has 0 radical (unpaired) electrons. The molecule has 16 heavy (non-hydrogen) atoms. The number of nitrogens with two attached hydrogens (primary N) is 1. The van der Waals surface area contributed by atoms with E-state index < -0.39 is 0 Å². The summed E-state index contributed by atoms with van der Waals surface area (Å²) < 4.78 is 4.96.